The van der Waals surface area contributed by atoms with Crippen LogP contribution in [0.2, 0.25) is 0 Å². The van der Waals surface area contributed by atoms with E-state index in [9.17, 15) is 18.8 Å². The zero-order chi connectivity index (χ0) is 30.1. The molecule has 2 aromatic rings. The molecule has 2 aromatic carbocycles. The molecule has 1 amide bonds. The fraction of sp³-hybridized carbons (Fsp3) is 0.485. The molecule has 8 nitrogen and oxygen atoms in total. The summed E-state index contributed by atoms with van der Waals surface area (Å²) in [4.78, 5) is 42.4. The molecule has 9 heteroatoms. The number of hydrogen-bond donors (Lipinski definition) is 1. The molecule has 2 fully saturated rings. The Kier molecular flexibility index (Phi) is 11.0. The number of amides is 1. The van der Waals surface area contributed by atoms with Gasteiger partial charge in [-0.1, -0.05) is 49.4 Å². The van der Waals surface area contributed by atoms with Crippen LogP contribution in [0, 0.1) is 11.8 Å². The van der Waals surface area contributed by atoms with Gasteiger partial charge in [-0.2, -0.15) is 0 Å². The normalized spacial score (nSPS) is 21.2. The van der Waals surface area contributed by atoms with Crippen molar-refractivity contribution in [3.63, 3.8) is 0 Å². The van der Waals surface area contributed by atoms with Crippen LogP contribution < -0.4 is 10.1 Å². The molecule has 4 atom stereocenters. The second kappa shape index (κ2) is 14.7. The fourth-order valence-corrected chi connectivity index (χ4v) is 5.09. The van der Waals surface area contributed by atoms with E-state index in [2.05, 4.69) is 5.32 Å². The summed E-state index contributed by atoms with van der Waals surface area (Å²) in [5.74, 6) is -2.01. The van der Waals surface area contributed by atoms with Gasteiger partial charge in [0.05, 0.1) is 39.5 Å². The third-order valence-electron chi connectivity index (χ3n) is 7.89. The quantitative estimate of drug-likeness (QED) is 0.321. The van der Waals surface area contributed by atoms with Crippen LogP contribution >= 0.6 is 0 Å². The van der Waals surface area contributed by atoms with Gasteiger partial charge >= 0.3 is 0 Å². The SMILES string of the molecule is COc1ccc(C[C@H](CC(=O)[C@H](C)/C=C(\F)CN2CCOCC2)C(=O)N[C@@H](Cc2ccccc2)C(=O)[C@]2(C)CO2)cc1. The first-order chi connectivity index (χ1) is 20.2. The van der Waals surface area contributed by atoms with Crippen LogP contribution in [0.4, 0.5) is 4.39 Å². The molecule has 4 rings (SSSR count). The van der Waals surface area contributed by atoms with Crippen molar-refractivity contribution in [2.24, 2.45) is 11.8 Å². The van der Waals surface area contributed by atoms with Crippen LogP contribution in [0.15, 0.2) is 66.5 Å². The van der Waals surface area contributed by atoms with Crippen molar-refractivity contribution >= 4 is 17.5 Å². The Morgan fingerprint density at radius 1 is 1.05 bits per heavy atom. The summed E-state index contributed by atoms with van der Waals surface area (Å²) < 4.78 is 30.8. The molecule has 0 aromatic heterocycles. The highest BCUT2D eigenvalue weighted by molar-refractivity contribution is 5.97. The zero-order valence-electron chi connectivity index (χ0n) is 24.6. The first kappa shape index (κ1) is 31.5. The number of rotatable bonds is 15. The minimum Gasteiger partial charge on any atom is -0.497 e. The van der Waals surface area contributed by atoms with Crippen LogP contribution in [0.3, 0.4) is 0 Å². The molecule has 0 aliphatic carbocycles. The number of hydrogen-bond acceptors (Lipinski definition) is 7. The van der Waals surface area contributed by atoms with E-state index in [-0.39, 0.29) is 36.8 Å². The highest BCUT2D eigenvalue weighted by Gasteiger charge is 2.50. The van der Waals surface area contributed by atoms with Crippen molar-refractivity contribution in [3.05, 3.63) is 77.6 Å². The van der Waals surface area contributed by atoms with E-state index < -0.39 is 29.4 Å². The van der Waals surface area contributed by atoms with Gasteiger partial charge in [-0.25, -0.2) is 4.39 Å². The van der Waals surface area contributed by atoms with Crippen molar-refractivity contribution in [2.45, 2.75) is 44.8 Å². The summed E-state index contributed by atoms with van der Waals surface area (Å²) in [5.41, 5.74) is 0.817. The molecular weight excluding hydrogens is 539 g/mol. The summed E-state index contributed by atoms with van der Waals surface area (Å²) in [6.45, 7) is 6.20. The Labute approximate surface area is 247 Å². The number of nitrogens with one attached hydrogen (secondary N) is 1. The fourth-order valence-electron chi connectivity index (χ4n) is 5.09. The van der Waals surface area contributed by atoms with Crippen LogP contribution in [0.25, 0.3) is 0 Å². The first-order valence-corrected chi connectivity index (χ1v) is 14.5. The molecule has 0 spiro atoms. The van der Waals surface area contributed by atoms with Crippen LogP contribution in [-0.2, 0) is 36.7 Å². The number of epoxide rings is 1. The first-order valence-electron chi connectivity index (χ1n) is 14.5. The van der Waals surface area contributed by atoms with Crippen LogP contribution in [-0.4, -0.2) is 80.6 Å². The van der Waals surface area contributed by atoms with E-state index in [0.717, 1.165) is 11.1 Å². The van der Waals surface area contributed by atoms with Crippen molar-refractivity contribution in [1.29, 1.82) is 0 Å². The highest BCUT2D eigenvalue weighted by atomic mass is 19.1. The van der Waals surface area contributed by atoms with Gasteiger partial charge in [0.2, 0.25) is 5.91 Å². The Bertz CT molecular complexity index is 1240. The smallest absolute Gasteiger partial charge is 0.224 e. The predicted molar refractivity (Wildman–Crippen MR) is 157 cm³/mol. The lowest BCUT2D eigenvalue weighted by Gasteiger charge is -2.26. The number of ether oxygens (including phenoxy) is 3. The third-order valence-corrected chi connectivity index (χ3v) is 7.89. The average Bonchev–Trinajstić information content (AvgIpc) is 3.75. The monoisotopic (exact) mass is 580 g/mol. The molecule has 2 aliphatic rings. The van der Waals surface area contributed by atoms with Gasteiger partial charge in [-0.05, 0) is 49.1 Å². The van der Waals surface area contributed by atoms with Crippen molar-refractivity contribution in [3.8, 4) is 5.75 Å². The van der Waals surface area contributed by atoms with Gasteiger partial charge in [0.15, 0.2) is 5.78 Å². The number of Topliss-reactive ketones (excluding diaryl/α,β-unsaturated/α-hetero) is 2. The molecular formula is C33H41FN2O6. The molecule has 0 bridgehead atoms. The molecule has 0 unspecified atom stereocenters. The number of benzene rings is 2. The molecule has 226 valence electrons. The maximum atomic E-state index is 14.8. The topological polar surface area (TPSA) is 97.5 Å². The maximum Gasteiger partial charge on any atom is 0.224 e. The van der Waals surface area contributed by atoms with Gasteiger partial charge in [0.25, 0.3) is 0 Å². The van der Waals surface area contributed by atoms with E-state index in [4.69, 9.17) is 14.2 Å². The largest absolute Gasteiger partial charge is 0.497 e. The minimum absolute atomic E-state index is 0.0968. The summed E-state index contributed by atoms with van der Waals surface area (Å²) in [6.07, 6.45) is 1.82. The maximum absolute atomic E-state index is 14.8. The highest BCUT2D eigenvalue weighted by Crippen LogP contribution is 2.29. The molecule has 1 N–H and O–H groups in total. The van der Waals surface area contributed by atoms with E-state index >= 15 is 0 Å². The molecule has 2 saturated heterocycles. The van der Waals surface area contributed by atoms with E-state index in [1.165, 1.54) is 6.08 Å². The Morgan fingerprint density at radius 2 is 1.69 bits per heavy atom. The Hall–Kier alpha value is -3.40. The second-order valence-electron chi connectivity index (χ2n) is 11.3. The number of halogens is 1. The van der Waals surface area contributed by atoms with Crippen LogP contribution in [0.5, 0.6) is 5.75 Å². The number of allylic oxidation sites excluding steroid dienone is 1. The standard InChI is InChI=1S/C33H41FN2O6/c1-23(17-27(34)21-36-13-15-41-16-14-36)30(37)20-26(18-25-9-11-28(40-3)12-10-25)32(39)35-29(31(38)33(2)22-42-33)19-24-7-5-4-6-8-24/h4-12,17,23,26,29H,13-16,18-22H2,1-3H3,(H,35,39)/b27-17-/t23-,26-,29+,33+/m1/s1. The molecule has 42 heavy (non-hydrogen) atoms. The summed E-state index contributed by atoms with van der Waals surface area (Å²) >= 11 is 0. The Balaban J connectivity index is 1.49. The van der Waals surface area contributed by atoms with Gasteiger partial charge < -0.3 is 19.5 Å². The van der Waals surface area contributed by atoms with Gasteiger partial charge in [-0.3, -0.25) is 19.3 Å². The number of ketones is 2. The van der Waals surface area contributed by atoms with Crippen molar-refractivity contribution in [2.75, 3.05) is 46.6 Å². The Morgan fingerprint density at radius 3 is 2.31 bits per heavy atom. The second-order valence-corrected chi connectivity index (χ2v) is 11.3. The molecule has 2 aliphatic heterocycles. The summed E-state index contributed by atoms with van der Waals surface area (Å²) in [6, 6.07) is 15.9. The number of carbonyl (C=O) groups is 3. The molecule has 0 radical (unpaired) electrons. The van der Waals surface area contributed by atoms with Gasteiger partial charge in [-0.15, -0.1) is 0 Å². The lowest BCUT2D eigenvalue weighted by Crippen LogP contribution is -2.49. The van der Waals surface area contributed by atoms with Crippen LogP contribution in [0.1, 0.15) is 31.4 Å². The predicted octanol–water partition coefficient (Wildman–Crippen LogP) is 3.72. The van der Waals surface area contributed by atoms with E-state index in [1.54, 1.807) is 33.1 Å². The lowest BCUT2D eigenvalue weighted by molar-refractivity contribution is -0.134. The van der Waals surface area contributed by atoms with Crippen molar-refractivity contribution < 1.29 is 33.0 Å². The van der Waals surface area contributed by atoms with Gasteiger partial charge in [0, 0.05) is 31.3 Å². The van der Waals surface area contributed by atoms with E-state index in [0.29, 0.717) is 45.1 Å². The van der Waals surface area contributed by atoms with E-state index in [1.807, 2.05) is 47.4 Å². The van der Waals surface area contributed by atoms with Gasteiger partial charge in [0.1, 0.15) is 23.0 Å². The lowest BCUT2D eigenvalue weighted by atomic mass is 9.88. The average molecular weight is 581 g/mol. The summed E-state index contributed by atoms with van der Waals surface area (Å²) in [7, 11) is 1.57. The minimum atomic E-state index is -0.925. The molecule has 2 heterocycles. The number of methoxy groups -OCH3 is 1. The summed E-state index contributed by atoms with van der Waals surface area (Å²) in [5, 5.41) is 2.94. The molecule has 0 saturated carbocycles. The number of nitrogens with zero attached hydrogens (tertiary/aromatic N) is 1. The van der Waals surface area contributed by atoms with Crippen molar-refractivity contribution in [1.82, 2.24) is 10.2 Å². The number of carbonyl (C=O) groups excluding carboxylic acids is 3. The zero-order valence-corrected chi connectivity index (χ0v) is 24.6. The number of morpholine rings is 1. The third kappa shape index (κ3) is 9.05.